The molecular weight excluding hydrogens is 573 g/mol. The van der Waals surface area contributed by atoms with Crippen molar-refractivity contribution in [3.8, 4) is 0 Å². The van der Waals surface area contributed by atoms with Crippen LogP contribution in [-0.2, 0) is 26.0 Å². The van der Waals surface area contributed by atoms with Gasteiger partial charge < -0.3 is 20.5 Å². The predicted octanol–water partition coefficient (Wildman–Crippen LogP) is 3.31. The van der Waals surface area contributed by atoms with Gasteiger partial charge in [-0.2, -0.15) is 17.5 Å². The third-order valence-corrected chi connectivity index (χ3v) is 8.52. The smallest absolute Gasteiger partial charge is 0.390 e. The van der Waals surface area contributed by atoms with Gasteiger partial charge in [0.2, 0.25) is 15.9 Å². The van der Waals surface area contributed by atoms with E-state index in [1.54, 1.807) is 12.2 Å². The zero-order valence-electron chi connectivity index (χ0n) is 23.5. The standard InChI is InChI=1S/C27H40F5N3O5S/c1-18(2)11-22-17-40-9-6-4-5-7-24(35(3)41(38,39)10-8-27(30,31)32)26(37)34-23(25(36)16-33-22)14-19-12-20(28)15-21(29)13-19/h4,6,12-13,15,18,22-25,33,36H,5,7-11,14,16-17H2,1-3H3,(H,34,37)/b6-4-/t22-,23+,24+,25-/m1/s1. The van der Waals surface area contributed by atoms with Crippen LogP contribution in [0.1, 0.15) is 45.1 Å². The summed E-state index contributed by atoms with van der Waals surface area (Å²) in [5, 5.41) is 16.9. The number of halogens is 5. The number of hydrogen-bond acceptors (Lipinski definition) is 6. The van der Waals surface area contributed by atoms with E-state index < -0.39 is 64.1 Å². The first kappa shape index (κ1) is 35.1. The van der Waals surface area contributed by atoms with Gasteiger partial charge in [-0.05, 0) is 49.3 Å². The number of aliphatic hydroxyl groups is 1. The highest BCUT2D eigenvalue weighted by Crippen LogP contribution is 2.22. The Bertz CT molecular complexity index is 1100. The number of likely N-dealkylation sites (N-methyl/N-ethyl adjacent to an activating group) is 1. The predicted molar refractivity (Wildman–Crippen MR) is 144 cm³/mol. The van der Waals surface area contributed by atoms with Crippen molar-refractivity contribution < 1.29 is 45.0 Å². The number of allylic oxidation sites excluding steroid dienone is 1. The molecule has 0 spiro atoms. The number of carbonyl (C=O) groups is 1. The summed E-state index contributed by atoms with van der Waals surface area (Å²) < 4.78 is 97.9. The molecule has 0 aromatic heterocycles. The fourth-order valence-electron chi connectivity index (χ4n) is 4.53. The fraction of sp³-hybridized carbons (Fsp3) is 0.667. The second-order valence-corrected chi connectivity index (χ2v) is 12.8. The van der Waals surface area contributed by atoms with E-state index >= 15 is 0 Å². The zero-order valence-corrected chi connectivity index (χ0v) is 24.3. The number of benzene rings is 1. The van der Waals surface area contributed by atoms with Crippen LogP contribution in [0.25, 0.3) is 0 Å². The molecule has 1 amide bonds. The summed E-state index contributed by atoms with van der Waals surface area (Å²) in [5.74, 6) is -3.51. The summed E-state index contributed by atoms with van der Waals surface area (Å²) in [5.41, 5.74) is 0.137. The Morgan fingerprint density at radius 1 is 1.15 bits per heavy atom. The summed E-state index contributed by atoms with van der Waals surface area (Å²) in [6.07, 6.45) is -3.55. The summed E-state index contributed by atoms with van der Waals surface area (Å²) in [6, 6.07) is 0.101. The molecule has 4 atom stereocenters. The monoisotopic (exact) mass is 613 g/mol. The highest BCUT2D eigenvalue weighted by molar-refractivity contribution is 7.89. The van der Waals surface area contributed by atoms with E-state index in [0.29, 0.717) is 29.3 Å². The molecule has 1 aliphatic heterocycles. The summed E-state index contributed by atoms with van der Waals surface area (Å²) in [6.45, 7) is 4.57. The first-order valence-corrected chi connectivity index (χ1v) is 15.1. The van der Waals surface area contributed by atoms with Crippen molar-refractivity contribution in [2.24, 2.45) is 5.92 Å². The second kappa shape index (κ2) is 15.9. The molecule has 234 valence electrons. The number of rotatable bonds is 8. The molecule has 8 nitrogen and oxygen atoms in total. The lowest BCUT2D eigenvalue weighted by Gasteiger charge is -2.31. The number of sulfonamides is 1. The van der Waals surface area contributed by atoms with Crippen LogP contribution >= 0.6 is 0 Å². The number of hydrogen-bond donors (Lipinski definition) is 3. The summed E-state index contributed by atoms with van der Waals surface area (Å²) in [7, 11) is -3.47. The van der Waals surface area contributed by atoms with Crippen LogP contribution in [0.2, 0.25) is 0 Å². The summed E-state index contributed by atoms with van der Waals surface area (Å²) in [4.78, 5) is 13.5. The van der Waals surface area contributed by atoms with Crippen LogP contribution in [0.15, 0.2) is 30.4 Å². The first-order chi connectivity index (χ1) is 19.1. The van der Waals surface area contributed by atoms with E-state index in [1.165, 1.54) is 0 Å². The lowest BCUT2D eigenvalue weighted by atomic mass is 9.99. The van der Waals surface area contributed by atoms with Crippen molar-refractivity contribution >= 4 is 15.9 Å². The van der Waals surface area contributed by atoms with E-state index in [1.807, 2.05) is 13.8 Å². The first-order valence-electron chi connectivity index (χ1n) is 13.5. The third kappa shape index (κ3) is 12.7. The molecule has 1 heterocycles. The van der Waals surface area contributed by atoms with Gasteiger partial charge in [0.1, 0.15) is 17.7 Å². The molecule has 0 fully saturated rings. The number of ether oxygens (including phenoxy) is 1. The Balaban J connectivity index is 2.38. The van der Waals surface area contributed by atoms with Crippen LogP contribution in [0.3, 0.4) is 0 Å². The highest BCUT2D eigenvalue weighted by atomic mass is 32.2. The number of nitrogens with one attached hydrogen (secondary N) is 2. The Labute approximate surface area is 238 Å². The SMILES string of the molecule is CC(C)C[C@@H]1COC/C=C\CC[C@H](N(C)S(=O)(=O)CCC(F)(F)F)C(=O)N[C@@H](Cc2cc(F)cc(F)c2)[C@H](O)CN1. The number of amides is 1. The van der Waals surface area contributed by atoms with Crippen LogP contribution in [0.4, 0.5) is 22.0 Å². The minimum Gasteiger partial charge on any atom is -0.390 e. The van der Waals surface area contributed by atoms with Gasteiger partial charge in [0, 0.05) is 25.7 Å². The van der Waals surface area contributed by atoms with E-state index in [2.05, 4.69) is 10.6 Å². The molecule has 2 rings (SSSR count). The molecule has 3 N–H and O–H groups in total. The van der Waals surface area contributed by atoms with Gasteiger partial charge >= 0.3 is 6.18 Å². The van der Waals surface area contributed by atoms with Gasteiger partial charge in [0.05, 0.1) is 37.5 Å². The molecule has 14 heteroatoms. The molecule has 0 saturated carbocycles. The van der Waals surface area contributed by atoms with Gasteiger partial charge in [-0.15, -0.1) is 0 Å². The normalized spacial score (nSPS) is 25.0. The van der Waals surface area contributed by atoms with Gasteiger partial charge in [-0.3, -0.25) is 4.79 Å². The molecule has 0 radical (unpaired) electrons. The van der Waals surface area contributed by atoms with Crippen LogP contribution in [0, 0.1) is 17.6 Å². The van der Waals surface area contributed by atoms with E-state index in [4.69, 9.17) is 4.74 Å². The molecular formula is C27H40F5N3O5S. The highest BCUT2D eigenvalue weighted by Gasteiger charge is 2.37. The number of β-amino-alcohol motifs (C(OH)–C–C–N with tert-alkyl or cyclic N) is 1. The molecule has 1 aromatic rings. The molecule has 0 saturated heterocycles. The number of aliphatic hydroxyl groups excluding tert-OH is 1. The van der Waals surface area contributed by atoms with Crippen LogP contribution in [-0.4, -0.2) is 86.7 Å². The minimum absolute atomic E-state index is 0.0380. The summed E-state index contributed by atoms with van der Waals surface area (Å²) >= 11 is 0. The molecule has 1 aliphatic rings. The van der Waals surface area contributed by atoms with Gasteiger partial charge in [-0.25, -0.2) is 17.2 Å². The average molecular weight is 614 g/mol. The number of nitrogens with zero attached hydrogens (tertiary/aromatic N) is 1. The van der Waals surface area contributed by atoms with E-state index in [9.17, 15) is 40.3 Å². The van der Waals surface area contributed by atoms with E-state index in [0.717, 1.165) is 19.2 Å². The Morgan fingerprint density at radius 3 is 2.41 bits per heavy atom. The largest absolute Gasteiger partial charge is 0.390 e. The lowest BCUT2D eigenvalue weighted by Crippen LogP contribution is -2.56. The molecule has 41 heavy (non-hydrogen) atoms. The van der Waals surface area contributed by atoms with Gasteiger partial charge in [0.25, 0.3) is 0 Å². The van der Waals surface area contributed by atoms with Crippen LogP contribution < -0.4 is 10.6 Å². The van der Waals surface area contributed by atoms with Crippen molar-refractivity contribution in [2.75, 3.05) is 32.6 Å². The maximum atomic E-state index is 13.9. The van der Waals surface area contributed by atoms with Crippen molar-refractivity contribution in [1.29, 1.82) is 0 Å². The van der Waals surface area contributed by atoms with Gasteiger partial charge in [0.15, 0.2) is 0 Å². The van der Waals surface area contributed by atoms with Gasteiger partial charge in [-0.1, -0.05) is 26.0 Å². The topological polar surface area (TPSA) is 108 Å². The van der Waals surface area contributed by atoms with Crippen molar-refractivity contribution in [3.63, 3.8) is 0 Å². The van der Waals surface area contributed by atoms with Crippen molar-refractivity contribution in [3.05, 3.63) is 47.5 Å². The Hall–Kier alpha value is -2.13. The van der Waals surface area contributed by atoms with Crippen LogP contribution in [0.5, 0.6) is 0 Å². The quantitative estimate of drug-likeness (QED) is 0.307. The maximum absolute atomic E-state index is 13.9. The second-order valence-electron chi connectivity index (χ2n) is 10.7. The van der Waals surface area contributed by atoms with Crippen molar-refractivity contribution in [1.82, 2.24) is 14.9 Å². The van der Waals surface area contributed by atoms with E-state index in [-0.39, 0.29) is 44.0 Å². The molecule has 0 unspecified atom stereocenters. The third-order valence-electron chi connectivity index (χ3n) is 6.67. The number of alkyl halides is 3. The fourth-order valence-corrected chi connectivity index (χ4v) is 5.90. The Kier molecular flexibility index (Phi) is 13.6. The number of carbonyl (C=O) groups excluding carboxylic acids is 1. The minimum atomic E-state index is -4.71. The Morgan fingerprint density at radius 2 is 1.80 bits per heavy atom. The average Bonchev–Trinajstić information content (AvgIpc) is 2.85. The maximum Gasteiger partial charge on any atom is 0.390 e. The molecule has 0 bridgehead atoms. The van der Waals surface area contributed by atoms with Crippen molar-refractivity contribution in [2.45, 2.75) is 76.4 Å². The lowest BCUT2D eigenvalue weighted by molar-refractivity contribution is -0.130. The molecule has 0 aliphatic carbocycles. The zero-order chi connectivity index (χ0) is 30.8. The molecule has 1 aromatic carbocycles.